The molecule has 1 saturated heterocycles. The lowest BCUT2D eigenvalue weighted by molar-refractivity contribution is 0.102. The average Bonchev–Trinajstić information content (AvgIpc) is 3.24. The monoisotopic (exact) mass is 418 g/mol. The Morgan fingerprint density at radius 1 is 1.12 bits per heavy atom. The molecular formula is C18H15BrN2OS2. The zero-order valence-corrected chi connectivity index (χ0v) is 15.9. The van der Waals surface area contributed by atoms with E-state index < -0.39 is 0 Å². The highest BCUT2D eigenvalue weighted by atomic mass is 79.9. The van der Waals surface area contributed by atoms with E-state index in [1.165, 1.54) is 17.1 Å². The molecule has 0 atom stereocenters. The number of hydrogen-bond donors (Lipinski definition) is 2. The van der Waals surface area contributed by atoms with Crippen molar-refractivity contribution in [2.75, 3.05) is 16.8 Å². The van der Waals surface area contributed by atoms with E-state index in [-0.39, 0.29) is 5.91 Å². The number of amides is 1. The fraction of sp³-hybridized carbons (Fsp3) is 0.167. The van der Waals surface area contributed by atoms with Gasteiger partial charge in [0.2, 0.25) is 0 Å². The number of carbonyl (C=O) groups is 1. The normalized spacial score (nSPS) is 15.0. The lowest BCUT2D eigenvalue weighted by atomic mass is 10.2. The van der Waals surface area contributed by atoms with E-state index in [9.17, 15) is 4.79 Å². The van der Waals surface area contributed by atoms with E-state index in [4.69, 9.17) is 0 Å². The van der Waals surface area contributed by atoms with Crippen molar-refractivity contribution in [1.29, 1.82) is 0 Å². The molecule has 3 aromatic rings. The SMILES string of the molecule is O=C(Nc1cccc(C2SCCS2)c1)c1[nH]c2ccccc2c1Br. The van der Waals surface area contributed by atoms with Crippen LogP contribution in [0.25, 0.3) is 10.9 Å². The third-order valence-electron chi connectivity index (χ3n) is 3.91. The molecule has 4 rings (SSSR count). The molecule has 0 saturated carbocycles. The Morgan fingerprint density at radius 3 is 2.71 bits per heavy atom. The molecule has 0 spiro atoms. The van der Waals surface area contributed by atoms with Gasteiger partial charge in [-0.1, -0.05) is 30.3 Å². The maximum Gasteiger partial charge on any atom is 0.273 e. The first-order valence-corrected chi connectivity index (χ1v) is 10.5. The van der Waals surface area contributed by atoms with Gasteiger partial charge in [0.15, 0.2) is 0 Å². The lowest BCUT2D eigenvalue weighted by Gasteiger charge is -2.11. The summed E-state index contributed by atoms with van der Waals surface area (Å²) in [6, 6.07) is 16.0. The third kappa shape index (κ3) is 3.10. The van der Waals surface area contributed by atoms with Gasteiger partial charge in [-0.2, -0.15) is 0 Å². The van der Waals surface area contributed by atoms with Gasteiger partial charge in [-0.05, 0) is 39.7 Å². The highest BCUT2D eigenvalue weighted by Gasteiger charge is 2.19. The number of H-pyrrole nitrogens is 1. The fourth-order valence-electron chi connectivity index (χ4n) is 2.77. The van der Waals surface area contributed by atoms with Gasteiger partial charge in [0, 0.05) is 28.1 Å². The second kappa shape index (κ2) is 6.86. The van der Waals surface area contributed by atoms with Gasteiger partial charge in [-0.25, -0.2) is 0 Å². The quantitative estimate of drug-likeness (QED) is 0.576. The highest BCUT2D eigenvalue weighted by Crippen LogP contribution is 2.45. The van der Waals surface area contributed by atoms with Crippen molar-refractivity contribution in [3.63, 3.8) is 0 Å². The number of benzene rings is 2. The summed E-state index contributed by atoms with van der Waals surface area (Å²) in [6.45, 7) is 0. The number of thioether (sulfide) groups is 2. The minimum absolute atomic E-state index is 0.137. The molecule has 0 unspecified atom stereocenters. The summed E-state index contributed by atoms with van der Waals surface area (Å²) < 4.78 is 1.27. The molecule has 0 aliphatic carbocycles. The van der Waals surface area contributed by atoms with Crippen molar-refractivity contribution in [1.82, 2.24) is 4.98 Å². The molecule has 2 aromatic carbocycles. The largest absolute Gasteiger partial charge is 0.350 e. The smallest absolute Gasteiger partial charge is 0.273 e. The van der Waals surface area contributed by atoms with E-state index >= 15 is 0 Å². The minimum Gasteiger partial charge on any atom is -0.350 e. The van der Waals surface area contributed by atoms with Crippen molar-refractivity contribution in [2.24, 2.45) is 0 Å². The van der Waals surface area contributed by atoms with E-state index in [2.05, 4.69) is 38.4 Å². The van der Waals surface area contributed by atoms with Crippen LogP contribution in [0.2, 0.25) is 0 Å². The van der Waals surface area contributed by atoms with Gasteiger partial charge in [0.1, 0.15) is 5.69 Å². The van der Waals surface area contributed by atoms with Gasteiger partial charge in [0.25, 0.3) is 5.91 Å². The third-order valence-corrected chi connectivity index (χ3v) is 7.84. The molecule has 2 heterocycles. The number of anilines is 1. The number of hydrogen-bond acceptors (Lipinski definition) is 3. The summed E-state index contributed by atoms with van der Waals surface area (Å²) in [7, 11) is 0. The first-order valence-electron chi connectivity index (χ1n) is 7.63. The van der Waals surface area contributed by atoms with Crippen LogP contribution in [0.4, 0.5) is 5.69 Å². The van der Waals surface area contributed by atoms with Crippen molar-refractivity contribution in [3.05, 3.63) is 64.3 Å². The standard InChI is InChI=1S/C18H15BrN2OS2/c19-15-13-6-1-2-7-14(13)21-16(15)17(22)20-12-5-3-4-11(10-12)18-23-8-9-24-18/h1-7,10,18,21H,8-9H2,(H,20,22). The van der Waals surface area contributed by atoms with Gasteiger partial charge in [0.05, 0.1) is 9.05 Å². The first-order chi connectivity index (χ1) is 11.7. The number of nitrogens with one attached hydrogen (secondary N) is 2. The summed E-state index contributed by atoms with van der Waals surface area (Å²) in [6.07, 6.45) is 0. The minimum atomic E-state index is -0.137. The van der Waals surface area contributed by atoms with Gasteiger partial charge in [-0.15, -0.1) is 23.5 Å². The van der Waals surface area contributed by atoms with E-state index in [0.717, 1.165) is 21.1 Å². The van der Waals surface area contributed by atoms with Crippen LogP contribution in [0.15, 0.2) is 53.0 Å². The molecular weight excluding hydrogens is 404 g/mol. The topological polar surface area (TPSA) is 44.9 Å². The Kier molecular flexibility index (Phi) is 4.61. The number of rotatable bonds is 3. The molecule has 3 nitrogen and oxygen atoms in total. The molecule has 1 fully saturated rings. The van der Waals surface area contributed by atoms with Gasteiger partial charge in [-0.3, -0.25) is 4.79 Å². The second-order valence-electron chi connectivity index (χ2n) is 5.51. The van der Waals surface area contributed by atoms with Crippen LogP contribution in [-0.4, -0.2) is 22.4 Å². The van der Waals surface area contributed by atoms with Crippen LogP contribution < -0.4 is 5.32 Å². The second-order valence-corrected chi connectivity index (χ2v) is 9.03. The zero-order chi connectivity index (χ0) is 16.5. The molecule has 1 aromatic heterocycles. The van der Waals surface area contributed by atoms with Crippen molar-refractivity contribution >= 4 is 62.0 Å². The molecule has 1 amide bonds. The zero-order valence-electron chi connectivity index (χ0n) is 12.7. The molecule has 2 N–H and O–H groups in total. The van der Waals surface area contributed by atoms with Crippen molar-refractivity contribution in [3.8, 4) is 0 Å². The van der Waals surface area contributed by atoms with Gasteiger partial charge >= 0.3 is 0 Å². The van der Waals surface area contributed by atoms with Crippen LogP contribution in [0.5, 0.6) is 0 Å². The van der Waals surface area contributed by atoms with Crippen LogP contribution >= 0.6 is 39.5 Å². The van der Waals surface area contributed by atoms with Crippen LogP contribution in [-0.2, 0) is 0 Å². The van der Waals surface area contributed by atoms with E-state index in [1.54, 1.807) is 0 Å². The summed E-state index contributed by atoms with van der Waals surface area (Å²) in [5.41, 5.74) is 3.58. The summed E-state index contributed by atoms with van der Waals surface area (Å²) >= 11 is 7.46. The molecule has 24 heavy (non-hydrogen) atoms. The van der Waals surface area contributed by atoms with Crippen molar-refractivity contribution in [2.45, 2.75) is 4.58 Å². The Labute approximate surface area is 157 Å². The molecule has 1 aliphatic heterocycles. The predicted octanol–water partition coefficient (Wildman–Crippen LogP) is 5.66. The fourth-order valence-corrected chi connectivity index (χ4v) is 6.23. The van der Waals surface area contributed by atoms with Gasteiger partial charge < -0.3 is 10.3 Å². The Balaban J connectivity index is 1.59. The van der Waals surface area contributed by atoms with Crippen LogP contribution in [0.1, 0.15) is 20.6 Å². The predicted molar refractivity (Wildman–Crippen MR) is 108 cm³/mol. The summed E-state index contributed by atoms with van der Waals surface area (Å²) in [5.74, 6) is 2.24. The first kappa shape index (κ1) is 16.1. The Hall–Kier alpha value is -1.37. The number of aromatic nitrogens is 1. The van der Waals surface area contributed by atoms with Crippen LogP contribution in [0, 0.1) is 0 Å². The summed E-state index contributed by atoms with van der Waals surface area (Å²) in [5, 5.41) is 4.01. The lowest BCUT2D eigenvalue weighted by Crippen LogP contribution is -2.13. The maximum atomic E-state index is 12.7. The molecule has 122 valence electrons. The molecule has 1 aliphatic rings. The number of para-hydroxylation sites is 1. The number of carbonyl (C=O) groups excluding carboxylic acids is 1. The van der Waals surface area contributed by atoms with E-state index in [1.807, 2.05) is 59.9 Å². The Bertz CT molecular complexity index is 903. The number of fused-ring (bicyclic) bond motifs is 1. The van der Waals surface area contributed by atoms with E-state index in [0.29, 0.717) is 10.3 Å². The summed E-state index contributed by atoms with van der Waals surface area (Å²) in [4.78, 5) is 15.8. The molecule has 0 radical (unpaired) electrons. The van der Waals surface area contributed by atoms with Crippen LogP contribution in [0.3, 0.4) is 0 Å². The average molecular weight is 419 g/mol. The number of aromatic amines is 1. The Morgan fingerprint density at radius 2 is 1.92 bits per heavy atom. The molecule has 6 heteroatoms. The number of halogens is 1. The highest BCUT2D eigenvalue weighted by molar-refractivity contribution is 9.10. The van der Waals surface area contributed by atoms with Crippen molar-refractivity contribution < 1.29 is 4.79 Å². The molecule has 0 bridgehead atoms. The maximum absolute atomic E-state index is 12.7.